The number of halogens is 3. The second-order valence-corrected chi connectivity index (χ2v) is 8.62. The minimum absolute atomic E-state index is 0.272. The van der Waals surface area contributed by atoms with Gasteiger partial charge >= 0.3 is 21.6 Å². The van der Waals surface area contributed by atoms with E-state index in [2.05, 4.69) is 4.74 Å². The summed E-state index contributed by atoms with van der Waals surface area (Å²) >= 11 is 0. The molecule has 0 aliphatic carbocycles. The summed E-state index contributed by atoms with van der Waals surface area (Å²) in [6.45, 7) is 3.97. The van der Waals surface area contributed by atoms with E-state index in [1.165, 1.54) is 20.8 Å². The molecule has 0 saturated heterocycles. The van der Waals surface area contributed by atoms with E-state index >= 15 is 0 Å². The molecular weight excluding hydrogens is 341 g/mol. The molecule has 0 spiro atoms. The zero-order valence-corrected chi connectivity index (χ0v) is 13.4. The van der Waals surface area contributed by atoms with Gasteiger partial charge < -0.3 is 4.74 Å². The quantitative estimate of drug-likeness (QED) is 0.696. The summed E-state index contributed by atoms with van der Waals surface area (Å²) < 4.78 is 85.8. The van der Waals surface area contributed by atoms with Gasteiger partial charge in [0.1, 0.15) is 5.60 Å². The molecule has 0 atom stereocenters. The number of hydrogen-bond donors (Lipinski definition) is 0. The molecular formula is C8H15F3N2O6S2. The third-order valence-electron chi connectivity index (χ3n) is 1.76. The highest BCUT2D eigenvalue weighted by Crippen LogP contribution is 2.28. The lowest BCUT2D eigenvalue weighted by atomic mass is 10.2. The highest BCUT2D eigenvalue weighted by molar-refractivity contribution is 7.92. The molecule has 21 heavy (non-hydrogen) atoms. The second-order valence-electron chi connectivity index (χ2n) is 4.87. The van der Waals surface area contributed by atoms with Crippen molar-refractivity contribution in [3.63, 3.8) is 0 Å². The Morgan fingerprint density at radius 3 is 1.67 bits per heavy atom. The van der Waals surface area contributed by atoms with E-state index in [1.54, 1.807) is 0 Å². The Morgan fingerprint density at radius 2 is 1.43 bits per heavy atom. The van der Waals surface area contributed by atoms with E-state index < -0.39 is 46.1 Å². The van der Waals surface area contributed by atoms with E-state index in [9.17, 15) is 34.8 Å². The predicted octanol–water partition coefficient (Wildman–Crippen LogP) is 0.880. The minimum Gasteiger partial charge on any atom is -0.442 e. The van der Waals surface area contributed by atoms with Gasteiger partial charge in [-0.3, -0.25) is 0 Å². The fourth-order valence-corrected chi connectivity index (χ4v) is 2.92. The third-order valence-corrected chi connectivity index (χ3v) is 4.33. The van der Waals surface area contributed by atoms with Crippen molar-refractivity contribution < 1.29 is 39.5 Å². The Morgan fingerprint density at radius 1 is 1.05 bits per heavy atom. The highest BCUT2D eigenvalue weighted by atomic mass is 32.2. The first kappa shape index (κ1) is 19.9. The normalized spacial score (nSPS) is 14.1. The molecule has 0 aliphatic heterocycles. The van der Waals surface area contributed by atoms with E-state index in [0.29, 0.717) is 6.26 Å². The van der Waals surface area contributed by atoms with Crippen LogP contribution in [0.1, 0.15) is 20.8 Å². The first-order valence-electron chi connectivity index (χ1n) is 5.19. The van der Waals surface area contributed by atoms with Crippen molar-refractivity contribution in [2.24, 2.45) is 0 Å². The molecule has 0 N–H and O–H groups in total. The summed E-state index contributed by atoms with van der Waals surface area (Å²) in [6.07, 6.45) is -1.42. The molecule has 0 radical (unpaired) electrons. The number of hydrazine groups is 1. The van der Waals surface area contributed by atoms with Crippen LogP contribution in [0, 0.1) is 0 Å². The Balaban J connectivity index is 5.86. The van der Waals surface area contributed by atoms with Gasteiger partial charge in [-0.15, -0.1) is 4.41 Å². The van der Waals surface area contributed by atoms with Crippen LogP contribution < -0.4 is 0 Å². The number of carbonyl (C=O) groups excluding carboxylic acids is 1. The van der Waals surface area contributed by atoms with E-state index in [-0.39, 0.29) is 7.05 Å². The first-order chi connectivity index (χ1) is 8.91. The maximum Gasteiger partial charge on any atom is 0.513 e. The van der Waals surface area contributed by atoms with Gasteiger partial charge in [0.2, 0.25) is 0 Å². The van der Waals surface area contributed by atoms with Gasteiger partial charge in [0.05, 0.1) is 6.26 Å². The molecule has 13 heteroatoms. The summed E-state index contributed by atoms with van der Waals surface area (Å²) in [6, 6.07) is 0. The van der Waals surface area contributed by atoms with E-state index in [1.807, 2.05) is 0 Å². The number of amides is 1. The fourth-order valence-electron chi connectivity index (χ4n) is 1.01. The standard InChI is InChI=1S/C8H15F3N2O6S2/c1-7(2,3)19-6(14)13(20(5,15)16)12(4)21(17,18)8(9,10)11/h1-5H3. The van der Waals surface area contributed by atoms with Gasteiger partial charge in [0.15, 0.2) is 0 Å². The average Bonchev–Trinajstić information content (AvgIpc) is 2.09. The number of nitrogens with zero attached hydrogens (tertiary/aromatic N) is 2. The molecule has 1 amide bonds. The Hall–Kier alpha value is -1.08. The molecule has 0 aromatic heterocycles. The number of carbonyl (C=O) groups is 1. The molecule has 0 heterocycles. The second kappa shape index (κ2) is 5.61. The lowest BCUT2D eigenvalue weighted by molar-refractivity contribution is -0.0534. The topological polar surface area (TPSA) is 101 Å². The van der Waals surface area contributed by atoms with Crippen molar-refractivity contribution in [2.75, 3.05) is 13.3 Å². The van der Waals surface area contributed by atoms with Crippen LogP contribution in [0.15, 0.2) is 0 Å². The summed E-state index contributed by atoms with van der Waals surface area (Å²) in [5, 5.41) is 0. The van der Waals surface area contributed by atoms with Crippen LogP contribution in [0.3, 0.4) is 0 Å². The molecule has 0 aliphatic rings. The lowest BCUT2D eigenvalue weighted by Crippen LogP contribution is -2.54. The van der Waals surface area contributed by atoms with Crippen LogP contribution in [0.4, 0.5) is 18.0 Å². The van der Waals surface area contributed by atoms with Gasteiger partial charge in [-0.2, -0.15) is 13.2 Å². The Bertz CT molecular complexity index is 605. The maximum absolute atomic E-state index is 12.4. The van der Waals surface area contributed by atoms with Gasteiger partial charge in [0.25, 0.3) is 10.0 Å². The Kier molecular flexibility index (Phi) is 5.32. The van der Waals surface area contributed by atoms with Crippen LogP contribution in [-0.4, -0.2) is 56.2 Å². The molecule has 8 nitrogen and oxygen atoms in total. The molecule has 0 fully saturated rings. The molecule has 0 aromatic carbocycles. The zero-order chi connectivity index (χ0) is 17.4. The smallest absolute Gasteiger partial charge is 0.442 e. The molecule has 0 bridgehead atoms. The summed E-state index contributed by atoms with van der Waals surface area (Å²) in [4.78, 5) is 11.7. The van der Waals surface area contributed by atoms with Gasteiger partial charge in [-0.25, -0.2) is 21.6 Å². The van der Waals surface area contributed by atoms with Crippen LogP contribution in [-0.2, 0) is 24.8 Å². The third kappa shape index (κ3) is 5.00. The monoisotopic (exact) mass is 356 g/mol. The summed E-state index contributed by atoms with van der Waals surface area (Å²) in [5.74, 6) is 0. The largest absolute Gasteiger partial charge is 0.513 e. The Labute approximate surface area is 120 Å². The lowest BCUT2D eigenvalue weighted by Gasteiger charge is -2.31. The van der Waals surface area contributed by atoms with Crippen molar-refractivity contribution in [1.82, 2.24) is 8.83 Å². The number of hydrogen-bond acceptors (Lipinski definition) is 6. The number of alkyl halides is 3. The van der Waals surface area contributed by atoms with E-state index in [0.717, 1.165) is 0 Å². The average molecular weight is 356 g/mol. The van der Waals surface area contributed by atoms with Crippen molar-refractivity contribution >= 4 is 26.1 Å². The molecule has 126 valence electrons. The number of ether oxygens (including phenoxy) is 1. The zero-order valence-electron chi connectivity index (χ0n) is 11.8. The van der Waals surface area contributed by atoms with Crippen LogP contribution in [0.25, 0.3) is 0 Å². The SMILES string of the molecule is CN(N(C(=O)OC(C)(C)C)S(C)(=O)=O)S(=O)(=O)C(F)(F)F. The highest BCUT2D eigenvalue weighted by Gasteiger charge is 2.53. The molecule has 0 rings (SSSR count). The van der Waals surface area contributed by atoms with Crippen molar-refractivity contribution in [1.29, 1.82) is 0 Å². The molecule has 0 saturated carbocycles. The number of sulfonamides is 2. The predicted molar refractivity (Wildman–Crippen MR) is 65.7 cm³/mol. The van der Waals surface area contributed by atoms with Gasteiger partial charge in [0, 0.05) is 7.05 Å². The van der Waals surface area contributed by atoms with Crippen molar-refractivity contribution in [2.45, 2.75) is 31.9 Å². The van der Waals surface area contributed by atoms with Crippen molar-refractivity contribution in [3.8, 4) is 0 Å². The van der Waals surface area contributed by atoms with Crippen LogP contribution in [0.2, 0.25) is 0 Å². The van der Waals surface area contributed by atoms with Crippen LogP contribution in [0.5, 0.6) is 0 Å². The van der Waals surface area contributed by atoms with Gasteiger partial charge in [-0.05, 0) is 20.8 Å². The number of rotatable bonds is 3. The van der Waals surface area contributed by atoms with Gasteiger partial charge in [-0.1, -0.05) is 4.41 Å². The summed E-state index contributed by atoms with van der Waals surface area (Å²) in [5.41, 5.74) is -7.03. The molecule has 0 unspecified atom stereocenters. The molecule has 0 aromatic rings. The van der Waals surface area contributed by atoms with E-state index in [4.69, 9.17) is 0 Å². The first-order valence-corrected chi connectivity index (χ1v) is 8.48. The summed E-state index contributed by atoms with van der Waals surface area (Å²) in [7, 11) is -10.5. The van der Waals surface area contributed by atoms with Crippen LogP contribution >= 0.6 is 0 Å². The minimum atomic E-state index is -6.08. The van der Waals surface area contributed by atoms with Crippen molar-refractivity contribution in [3.05, 3.63) is 0 Å². The fraction of sp³-hybridized carbons (Fsp3) is 0.875. The maximum atomic E-state index is 12.4.